The Balaban J connectivity index is 1.79. The highest BCUT2D eigenvalue weighted by Crippen LogP contribution is 2.41. The number of sulfonamides is 1. The first kappa shape index (κ1) is 22.5. The number of amides is 1. The van der Waals surface area contributed by atoms with E-state index in [1.807, 2.05) is 24.3 Å². The molecule has 0 saturated carbocycles. The van der Waals surface area contributed by atoms with Crippen molar-refractivity contribution in [2.45, 2.75) is 18.7 Å². The number of carbonyl (C=O) groups is 2. The highest BCUT2D eigenvalue weighted by molar-refractivity contribution is 7.92. The molecular formula is C22H19N3O6S2. The number of fused-ring (bicyclic) bond motifs is 1. The summed E-state index contributed by atoms with van der Waals surface area (Å²) in [6.45, 7) is 2.90. The molecule has 0 atom stereocenters. The highest BCUT2D eigenvalue weighted by atomic mass is 32.2. The third-order valence-electron chi connectivity index (χ3n) is 4.69. The van der Waals surface area contributed by atoms with Gasteiger partial charge < -0.3 is 14.5 Å². The maximum Gasteiger partial charge on any atom is 0.342 e. The average molecular weight is 486 g/mol. The van der Waals surface area contributed by atoms with Crippen LogP contribution in [0.4, 0.5) is 11.6 Å². The van der Waals surface area contributed by atoms with Gasteiger partial charge in [0.1, 0.15) is 16.3 Å². The van der Waals surface area contributed by atoms with Crippen LogP contribution in [0, 0.1) is 6.92 Å². The van der Waals surface area contributed by atoms with Crippen molar-refractivity contribution in [2.24, 2.45) is 0 Å². The predicted molar refractivity (Wildman–Crippen MR) is 125 cm³/mol. The Morgan fingerprint density at radius 3 is 2.42 bits per heavy atom. The molecule has 2 heterocycles. The first-order valence-corrected chi connectivity index (χ1v) is 12.0. The first-order valence-electron chi connectivity index (χ1n) is 9.67. The summed E-state index contributed by atoms with van der Waals surface area (Å²) in [7, 11) is -2.85. The zero-order valence-electron chi connectivity index (χ0n) is 17.8. The van der Waals surface area contributed by atoms with Crippen LogP contribution in [0.2, 0.25) is 0 Å². The third-order valence-corrected chi connectivity index (χ3v) is 7.09. The van der Waals surface area contributed by atoms with Crippen LogP contribution in [0.5, 0.6) is 0 Å². The SMILES string of the molecule is COC(=O)c1c(C)oc(NS(=O)(=O)c2ccc(NC(C)=O)cc2)c1-c1nc2ccccc2s1. The maximum atomic E-state index is 13.1. The molecule has 2 aromatic carbocycles. The van der Waals surface area contributed by atoms with Crippen LogP contribution in [0.1, 0.15) is 23.0 Å². The number of esters is 1. The van der Waals surface area contributed by atoms with Gasteiger partial charge in [0.2, 0.25) is 11.8 Å². The van der Waals surface area contributed by atoms with E-state index in [1.165, 1.54) is 49.6 Å². The number of para-hydroxylation sites is 1. The van der Waals surface area contributed by atoms with E-state index in [-0.39, 0.29) is 33.6 Å². The molecule has 170 valence electrons. The molecule has 0 bridgehead atoms. The fourth-order valence-electron chi connectivity index (χ4n) is 3.25. The van der Waals surface area contributed by atoms with Crippen LogP contribution >= 0.6 is 11.3 Å². The molecule has 0 fully saturated rings. The number of thiazole rings is 1. The Morgan fingerprint density at radius 2 is 1.79 bits per heavy atom. The molecule has 4 aromatic rings. The van der Waals surface area contributed by atoms with Crippen LogP contribution < -0.4 is 10.0 Å². The molecule has 11 heteroatoms. The number of furan rings is 1. The number of ether oxygens (including phenoxy) is 1. The molecule has 0 aliphatic heterocycles. The number of hydrogen-bond acceptors (Lipinski definition) is 8. The Labute approximate surface area is 193 Å². The summed E-state index contributed by atoms with van der Waals surface area (Å²) >= 11 is 1.30. The number of methoxy groups -OCH3 is 1. The molecule has 2 N–H and O–H groups in total. The van der Waals surface area contributed by atoms with Gasteiger partial charge in [-0.2, -0.15) is 0 Å². The van der Waals surface area contributed by atoms with Gasteiger partial charge in [-0.1, -0.05) is 12.1 Å². The molecule has 2 aromatic heterocycles. The minimum absolute atomic E-state index is 0.0551. The maximum absolute atomic E-state index is 13.1. The van der Waals surface area contributed by atoms with Gasteiger partial charge in [-0.15, -0.1) is 11.3 Å². The first-order chi connectivity index (χ1) is 15.7. The van der Waals surface area contributed by atoms with E-state index in [4.69, 9.17) is 9.15 Å². The Morgan fingerprint density at radius 1 is 1.09 bits per heavy atom. The molecular weight excluding hydrogens is 466 g/mol. The lowest BCUT2D eigenvalue weighted by atomic mass is 10.1. The zero-order chi connectivity index (χ0) is 23.8. The quantitative estimate of drug-likeness (QED) is 0.387. The Bertz CT molecular complexity index is 1440. The van der Waals surface area contributed by atoms with E-state index in [2.05, 4.69) is 15.0 Å². The highest BCUT2D eigenvalue weighted by Gasteiger charge is 2.30. The van der Waals surface area contributed by atoms with Gasteiger partial charge in [0.15, 0.2) is 0 Å². The number of aryl methyl sites for hydroxylation is 1. The van der Waals surface area contributed by atoms with Crippen LogP contribution in [0.15, 0.2) is 57.8 Å². The lowest BCUT2D eigenvalue weighted by Crippen LogP contribution is -2.14. The number of aromatic nitrogens is 1. The molecule has 0 aliphatic rings. The molecule has 0 spiro atoms. The monoisotopic (exact) mass is 485 g/mol. The van der Waals surface area contributed by atoms with Crippen molar-refractivity contribution >= 4 is 55.0 Å². The smallest absolute Gasteiger partial charge is 0.342 e. The molecule has 0 radical (unpaired) electrons. The van der Waals surface area contributed by atoms with Crippen LogP contribution in [-0.2, 0) is 19.6 Å². The van der Waals surface area contributed by atoms with Crippen molar-refractivity contribution in [3.8, 4) is 10.6 Å². The normalized spacial score (nSPS) is 11.4. The average Bonchev–Trinajstić information content (AvgIpc) is 3.33. The fraction of sp³-hybridized carbons (Fsp3) is 0.136. The number of nitrogens with zero attached hydrogens (tertiary/aromatic N) is 1. The predicted octanol–water partition coefficient (Wildman–Crippen LogP) is 4.41. The van der Waals surface area contributed by atoms with E-state index in [9.17, 15) is 18.0 Å². The Kier molecular flexibility index (Phi) is 5.91. The second-order valence-corrected chi connectivity index (χ2v) is 9.74. The van der Waals surface area contributed by atoms with Crippen molar-refractivity contribution in [1.29, 1.82) is 0 Å². The number of anilines is 2. The van der Waals surface area contributed by atoms with Gasteiger partial charge in [-0.25, -0.2) is 22.9 Å². The van der Waals surface area contributed by atoms with E-state index < -0.39 is 16.0 Å². The number of nitrogens with one attached hydrogen (secondary N) is 2. The molecule has 0 saturated heterocycles. The van der Waals surface area contributed by atoms with Crippen molar-refractivity contribution in [1.82, 2.24) is 4.98 Å². The number of benzene rings is 2. The minimum Gasteiger partial charge on any atom is -0.465 e. The lowest BCUT2D eigenvalue weighted by Gasteiger charge is -2.08. The molecule has 9 nitrogen and oxygen atoms in total. The molecule has 1 amide bonds. The summed E-state index contributed by atoms with van der Waals surface area (Å²) in [6.07, 6.45) is 0. The lowest BCUT2D eigenvalue weighted by molar-refractivity contribution is -0.114. The molecule has 33 heavy (non-hydrogen) atoms. The summed E-state index contributed by atoms with van der Waals surface area (Å²) in [6, 6.07) is 13.0. The van der Waals surface area contributed by atoms with E-state index in [0.717, 1.165) is 4.70 Å². The summed E-state index contributed by atoms with van der Waals surface area (Å²) in [5, 5.41) is 2.98. The number of hydrogen-bond donors (Lipinski definition) is 2. The summed E-state index contributed by atoms with van der Waals surface area (Å²) in [4.78, 5) is 28.2. The van der Waals surface area contributed by atoms with Gasteiger partial charge in [-0.3, -0.25) is 4.79 Å². The minimum atomic E-state index is -4.09. The number of carbonyl (C=O) groups excluding carboxylic acids is 2. The Hall–Kier alpha value is -3.70. The largest absolute Gasteiger partial charge is 0.465 e. The van der Waals surface area contributed by atoms with E-state index >= 15 is 0 Å². The standard InChI is InChI=1S/C22H19N3O6S2/c1-12-18(22(27)30-3)19(21-24-16-6-4-5-7-17(16)32-21)20(31-12)25-33(28,29)15-10-8-14(9-11-15)23-13(2)26/h4-11,25H,1-3H3,(H,23,26). The summed E-state index contributed by atoms with van der Waals surface area (Å²) in [5.41, 5.74) is 1.46. The van der Waals surface area contributed by atoms with Crippen molar-refractivity contribution < 1.29 is 27.2 Å². The third kappa shape index (κ3) is 4.45. The van der Waals surface area contributed by atoms with Gasteiger partial charge in [-0.05, 0) is 43.3 Å². The van der Waals surface area contributed by atoms with Crippen molar-refractivity contribution in [2.75, 3.05) is 17.1 Å². The second kappa shape index (κ2) is 8.68. The van der Waals surface area contributed by atoms with Crippen molar-refractivity contribution in [3.63, 3.8) is 0 Å². The van der Waals surface area contributed by atoms with Gasteiger partial charge >= 0.3 is 5.97 Å². The topological polar surface area (TPSA) is 128 Å². The van der Waals surface area contributed by atoms with E-state index in [0.29, 0.717) is 16.2 Å². The second-order valence-electron chi connectivity index (χ2n) is 7.03. The molecule has 0 unspecified atom stereocenters. The zero-order valence-corrected chi connectivity index (χ0v) is 19.5. The molecule has 0 aliphatic carbocycles. The molecule has 4 rings (SSSR count). The van der Waals surface area contributed by atoms with Gasteiger partial charge in [0.05, 0.1) is 27.8 Å². The summed E-state index contributed by atoms with van der Waals surface area (Å²) < 4.78 is 40.0. The summed E-state index contributed by atoms with van der Waals surface area (Å²) in [5.74, 6) is -0.895. The van der Waals surface area contributed by atoms with Crippen LogP contribution in [-0.4, -0.2) is 32.4 Å². The van der Waals surface area contributed by atoms with Crippen molar-refractivity contribution in [3.05, 3.63) is 59.9 Å². The fourth-order valence-corrected chi connectivity index (χ4v) is 5.26. The van der Waals surface area contributed by atoms with Gasteiger partial charge in [0.25, 0.3) is 10.0 Å². The van der Waals surface area contributed by atoms with Crippen LogP contribution in [0.25, 0.3) is 20.8 Å². The van der Waals surface area contributed by atoms with Crippen LogP contribution in [0.3, 0.4) is 0 Å². The van der Waals surface area contributed by atoms with Gasteiger partial charge in [0, 0.05) is 12.6 Å². The van der Waals surface area contributed by atoms with E-state index in [1.54, 1.807) is 6.92 Å². The number of rotatable bonds is 6.